The van der Waals surface area contributed by atoms with E-state index in [1.54, 1.807) is 12.3 Å². The van der Waals surface area contributed by atoms with Gasteiger partial charge >= 0.3 is 0 Å². The van der Waals surface area contributed by atoms with E-state index in [0.29, 0.717) is 11.6 Å². The molecule has 2 heterocycles. The van der Waals surface area contributed by atoms with Crippen LogP contribution < -0.4 is 10.2 Å². The molecule has 0 aromatic carbocycles. The lowest BCUT2D eigenvalue weighted by Crippen LogP contribution is -2.33. The number of nitrogens with zero attached hydrogens (tertiary/aromatic N) is 3. The molecule has 1 aromatic heterocycles. The van der Waals surface area contributed by atoms with Gasteiger partial charge in [-0.2, -0.15) is 0 Å². The van der Waals surface area contributed by atoms with Crippen LogP contribution in [0.5, 0.6) is 0 Å². The lowest BCUT2D eigenvalue weighted by molar-refractivity contribution is 0.0934. The Bertz CT molecular complexity index is 441. The Morgan fingerprint density at radius 2 is 2.05 bits per heavy atom. The van der Waals surface area contributed by atoms with Gasteiger partial charge in [0.05, 0.1) is 0 Å². The van der Waals surface area contributed by atoms with Gasteiger partial charge in [0.1, 0.15) is 5.69 Å². The smallest absolute Gasteiger partial charge is 0.270 e. The SMILES string of the molecule is CCC(C)NC(=O)c1ccnc(N2CCCCCC2)n1. The number of amides is 1. The van der Waals surface area contributed by atoms with E-state index in [2.05, 4.69) is 20.2 Å². The van der Waals surface area contributed by atoms with Crippen LogP contribution in [-0.2, 0) is 0 Å². The van der Waals surface area contributed by atoms with Crippen LogP contribution in [0.4, 0.5) is 5.95 Å². The predicted molar refractivity (Wildman–Crippen MR) is 79.9 cm³/mol. The molecule has 1 atom stereocenters. The van der Waals surface area contributed by atoms with Crippen LogP contribution in [0, 0.1) is 0 Å². The molecule has 1 amide bonds. The van der Waals surface area contributed by atoms with E-state index in [0.717, 1.165) is 19.5 Å². The van der Waals surface area contributed by atoms with Gasteiger partial charge in [-0.05, 0) is 32.3 Å². The highest BCUT2D eigenvalue weighted by molar-refractivity contribution is 5.92. The first kappa shape index (κ1) is 14.8. The fraction of sp³-hybridized carbons (Fsp3) is 0.667. The summed E-state index contributed by atoms with van der Waals surface area (Å²) in [4.78, 5) is 23.0. The number of rotatable bonds is 4. The van der Waals surface area contributed by atoms with Gasteiger partial charge in [-0.25, -0.2) is 9.97 Å². The standard InChI is InChI=1S/C15H24N4O/c1-3-12(2)17-14(20)13-8-9-16-15(18-13)19-10-6-4-5-7-11-19/h8-9,12H,3-7,10-11H2,1-2H3,(H,17,20). The van der Waals surface area contributed by atoms with Gasteiger partial charge in [0, 0.05) is 25.3 Å². The van der Waals surface area contributed by atoms with Crippen molar-refractivity contribution in [2.24, 2.45) is 0 Å². The maximum Gasteiger partial charge on any atom is 0.270 e. The Labute approximate surface area is 120 Å². The van der Waals surface area contributed by atoms with Crippen LogP contribution >= 0.6 is 0 Å². The fourth-order valence-electron chi connectivity index (χ4n) is 2.30. The van der Waals surface area contributed by atoms with Gasteiger partial charge in [-0.3, -0.25) is 4.79 Å². The molecule has 0 bridgehead atoms. The van der Waals surface area contributed by atoms with Crippen molar-refractivity contribution >= 4 is 11.9 Å². The Morgan fingerprint density at radius 1 is 1.35 bits per heavy atom. The van der Waals surface area contributed by atoms with Crippen LogP contribution in [0.2, 0.25) is 0 Å². The van der Waals surface area contributed by atoms with Crippen molar-refractivity contribution in [1.82, 2.24) is 15.3 Å². The lowest BCUT2D eigenvalue weighted by Gasteiger charge is -2.20. The molecule has 0 aliphatic carbocycles. The second-order valence-corrected chi connectivity index (χ2v) is 5.43. The molecule has 1 unspecified atom stereocenters. The van der Waals surface area contributed by atoms with E-state index in [4.69, 9.17) is 0 Å². The normalized spacial score (nSPS) is 17.4. The molecule has 1 N–H and O–H groups in total. The van der Waals surface area contributed by atoms with Crippen LogP contribution in [-0.4, -0.2) is 35.0 Å². The van der Waals surface area contributed by atoms with Crippen molar-refractivity contribution in [3.63, 3.8) is 0 Å². The molecular formula is C15H24N4O. The van der Waals surface area contributed by atoms with Crippen molar-refractivity contribution in [2.45, 2.75) is 52.0 Å². The topological polar surface area (TPSA) is 58.1 Å². The summed E-state index contributed by atoms with van der Waals surface area (Å²) in [5.41, 5.74) is 0.458. The zero-order valence-electron chi connectivity index (χ0n) is 12.4. The van der Waals surface area contributed by atoms with Crippen molar-refractivity contribution in [2.75, 3.05) is 18.0 Å². The number of nitrogens with one attached hydrogen (secondary N) is 1. The highest BCUT2D eigenvalue weighted by Gasteiger charge is 2.15. The molecule has 2 rings (SSSR count). The molecule has 0 radical (unpaired) electrons. The molecule has 5 heteroatoms. The van der Waals surface area contributed by atoms with E-state index < -0.39 is 0 Å². The highest BCUT2D eigenvalue weighted by Crippen LogP contribution is 2.15. The predicted octanol–water partition coefficient (Wildman–Crippen LogP) is 2.39. The summed E-state index contributed by atoms with van der Waals surface area (Å²) in [6.45, 7) is 6.01. The molecule has 5 nitrogen and oxygen atoms in total. The molecule has 110 valence electrons. The molecule has 0 saturated carbocycles. The number of hydrogen-bond acceptors (Lipinski definition) is 4. The summed E-state index contributed by atoms with van der Waals surface area (Å²) in [6, 6.07) is 1.85. The quantitative estimate of drug-likeness (QED) is 0.917. The number of anilines is 1. The first-order chi connectivity index (χ1) is 9.70. The summed E-state index contributed by atoms with van der Waals surface area (Å²) < 4.78 is 0. The maximum atomic E-state index is 12.1. The van der Waals surface area contributed by atoms with Crippen molar-refractivity contribution in [1.29, 1.82) is 0 Å². The van der Waals surface area contributed by atoms with Gasteiger partial charge in [0.15, 0.2) is 0 Å². The molecule has 1 aliphatic rings. The van der Waals surface area contributed by atoms with Gasteiger partial charge < -0.3 is 10.2 Å². The van der Waals surface area contributed by atoms with Crippen molar-refractivity contribution in [3.05, 3.63) is 18.0 Å². The van der Waals surface area contributed by atoms with Gasteiger partial charge in [0.2, 0.25) is 5.95 Å². The summed E-state index contributed by atoms with van der Waals surface area (Å²) in [5, 5.41) is 2.94. The van der Waals surface area contributed by atoms with Crippen molar-refractivity contribution < 1.29 is 4.79 Å². The molecule has 1 aliphatic heterocycles. The first-order valence-electron chi connectivity index (χ1n) is 7.59. The molecule has 0 spiro atoms. The third-order valence-electron chi connectivity index (χ3n) is 3.75. The molecular weight excluding hydrogens is 252 g/mol. The molecule has 1 saturated heterocycles. The zero-order chi connectivity index (χ0) is 14.4. The number of aromatic nitrogens is 2. The molecule has 20 heavy (non-hydrogen) atoms. The Kier molecular flexibility index (Phi) is 5.32. The minimum absolute atomic E-state index is 0.113. The van der Waals surface area contributed by atoms with E-state index >= 15 is 0 Å². The van der Waals surface area contributed by atoms with Crippen LogP contribution in [0.1, 0.15) is 56.4 Å². The molecule has 1 fully saturated rings. The number of hydrogen-bond donors (Lipinski definition) is 1. The van der Waals surface area contributed by atoms with E-state index in [1.807, 2.05) is 13.8 Å². The minimum Gasteiger partial charge on any atom is -0.348 e. The van der Waals surface area contributed by atoms with E-state index in [1.165, 1.54) is 25.7 Å². The first-order valence-corrected chi connectivity index (χ1v) is 7.59. The summed E-state index contributed by atoms with van der Waals surface area (Å²) in [5.74, 6) is 0.571. The Hall–Kier alpha value is -1.65. The summed E-state index contributed by atoms with van der Waals surface area (Å²) in [6.07, 6.45) is 7.48. The largest absolute Gasteiger partial charge is 0.348 e. The third-order valence-corrected chi connectivity index (χ3v) is 3.75. The summed E-state index contributed by atoms with van der Waals surface area (Å²) >= 11 is 0. The zero-order valence-corrected chi connectivity index (χ0v) is 12.4. The monoisotopic (exact) mass is 276 g/mol. The van der Waals surface area contributed by atoms with Gasteiger partial charge in [-0.15, -0.1) is 0 Å². The Morgan fingerprint density at radius 3 is 2.70 bits per heavy atom. The third kappa shape index (κ3) is 3.92. The fourth-order valence-corrected chi connectivity index (χ4v) is 2.30. The molecule has 1 aromatic rings. The van der Waals surface area contributed by atoms with Gasteiger partial charge in [0.25, 0.3) is 5.91 Å². The van der Waals surface area contributed by atoms with E-state index in [9.17, 15) is 4.79 Å². The van der Waals surface area contributed by atoms with Crippen LogP contribution in [0.25, 0.3) is 0 Å². The second kappa shape index (κ2) is 7.22. The highest BCUT2D eigenvalue weighted by atomic mass is 16.1. The van der Waals surface area contributed by atoms with Crippen molar-refractivity contribution in [3.8, 4) is 0 Å². The minimum atomic E-state index is -0.113. The van der Waals surface area contributed by atoms with Crippen LogP contribution in [0.3, 0.4) is 0 Å². The van der Waals surface area contributed by atoms with E-state index in [-0.39, 0.29) is 11.9 Å². The van der Waals surface area contributed by atoms with Gasteiger partial charge in [-0.1, -0.05) is 19.8 Å². The summed E-state index contributed by atoms with van der Waals surface area (Å²) in [7, 11) is 0. The average molecular weight is 276 g/mol. The number of carbonyl (C=O) groups excluding carboxylic acids is 1. The van der Waals surface area contributed by atoms with Crippen LogP contribution in [0.15, 0.2) is 12.3 Å². The maximum absolute atomic E-state index is 12.1. The average Bonchev–Trinajstić information content (AvgIpc) is 2.76. The Balaban J connectivity index is 2.08. The lowest BCUT2D eigenvalue weighted by atomic mass is 10.2. The number of carbonyl (C=O) groups is 1. The second-order valence-electron chi connectivity index (χ2n) is 5.43.